The molecule has 0 aromatic heterocycles. The summed E-state index contributed by atoms with van der Waals surface area (Å²) in [5, 5.41) is 0. The Balaban J connectivity index is 1.38. The van der Waals surface area contributed by atoms with Crippen LogP contribution in [0.4, 0.5) is 22.0 Å². The number of rotatable bonds is 10. The van der Waals surface area contributed by atoms with Gasteiger partial charge in [0.05, 0.1) is 6.67 Å². The van der Waals surface area contributed by atoms with Crippen molar-refractivity contribution in [2.45, 2.75) is 95.6 Å². The van der Waals surface area contributed by atoms with Crippen LogP contribution >= 0.6 is 0 Å². The molecule has 0 N–H and O–H groups in total. The summed E-state index contributed by atoms with van der Waals surface area (Å²) in [4.78, 5) is 0. The topological polar surface area (TPSA) is 9.23 Å². The van der Waals surface area contributed by atoms with Gasteiger partial charge in [-0.3, -0.25) is 4.39 Å². The molecule has 0 spiro atoms. The Bertz CT molecular complexity index is 673. The molecule has 2 aliphatic rings. The van der Waals surface area contributed by atoms with Crippen LogP contribution in [-0.2, 0) is 0 Å². The van der Waals surface area contributed by atoms with Crippen LogP contribution < -0.4 is 4.74 Å². The monoisotopic (exact) mass is 460 g/mol. The molecule has 0 radical (unpaired) electrons. The molecule has 2 aliphatic carbocycles. The summed E-state index contributed by atoms with van der Waals surface area (Å²) >= 11 is 0. The predicted molar refractivity (Wildman–Crippen MR) is 117 cm³/mol. The van der Waals surface area contributed by atoms with Gasteiger partial charge in [-0.1, -0.05) is 44.6 Å². The average Bonchev–Trinajstić information content (AvgIpc) is 2.78. The number of benzene rings is 1. The molecule has 2 saturated carbocycles. The Labute approximate surface area is 189 Å². The smallest absolute Gasteiger partial charge is 0.422 e. The summed E-state index contributed by atoms with van der Waals surface area (Å²) in [5.41, 5.74) is 0.872. The van der Waals surface area contributed by atoms with Gasteiger partial charge in [0.2, 0.25) is 0 Å². The Kier molecular flexibility index (Phi) is 9.66. The number of hydrogen-bond donors (Lipinski definition) is 0. The molecule has 0 atom stereocenters. The second-order valence-corrected chi connectivity index (χ2v) is 9.88. The van der Waals surface area contributed by atoms with Gasteiger partial charge in [0.1, 0.15) is 0 Å². The van der Waals surface area contributed by atoms with E-state index >= 15 is 0 Å². The fraction of sp³-hybridized carbons (Fsp3) is 0.769. The van der Waals surface area contributed by atoms with Gasteiger partial charge in [0.15, 0.2) is 18.2 Å². The van der Waals surface area contributed by atoms with Crippen molar-refractivity contribution in [3.8, 4) is 5.75 Å². The highest BCUT2D eigenvalue weighted by molar-refractivity contribution is 5.31. The molecule has 0 aliphatic heterocycles. The lowest BCUT2D eigenvalue weighted by atomic mass is 9.68. The highest BCUT2D eigenvalue weighted by Crippen LogP contribution is 2.45. The Morgan fingerprint density at radius 2 is 1.44 bits per heavy atom. The molecule has 0 saturated heterocycles. The lowest BCUT2D eigenvalue weighted by molar-refractivity contribution is -0.153. The van der Waals surface area contributed by atoms with E-state index in [1.807, 2.05) is 0 Å². The summed E-state index contributed by atoms with van der Waals surface area (Å²) in [5.74, 6) is 1.62. The molecule has 2 fully saturated rings. The molecule has 6 heteroatoms. The summed E-state index contributed by atoms with van der Waals surface area (Å²) in [7, 11) is 0. The molecule has 0 unspecified atom stereocenters. The summed E-state index contributed by atoms with van der Waals surface area (Å²) in [6.07, 6.45) is 10.5. The van der Waals surface area contributed by atoms with Crippen LogP contribution in [0.1, 0.15) is 95.0 Å². The van der Waals surface area contributed by atoms with Crippen molar-refractivity contribution in [1.29, 1.82) is 0 Å². The normalized spacial score (nSPS) is 26.8. The molecular formula is C26H37F5O. The quantitative estimate of drug-likeness (QED) is 0.250. The van der Waals surface area contributed by atoms with Crippen LogP contribution in [0.2, 0.25) is 0 Å². The third-order valence-electron chi connectivity index (χ3n) is 7.64. The first-order valence-electron chi connectivity index (χ1n) is 12.4. The van der Waals surface area contributed by atoms with E-state index in [0.717, 1.165) is 61.8 Å². The molecule has 182 valence electrons. The number of unbranched alkanes of at least 4 members (excludes halogenated alkanes) is 3. The first kappa shape index (κ1) is 25.3. The minimum absolute atomic E-state index is 0.190. The third-order valence-corrected chi connectivity index (χ3v) is 7.64. The van der Waals surface area contributed by atoms with E-state index in [1.165, 1.54) is 50.7 Å². The number of hydrogen-bond acceptors (Lipinski definition) is 1. The first-order valence-corrected chi connectivity index (χ1v) is 12.4. The lowest BCUT2D eigenvalue weighted by Crippen LogP contribution is -2.25. The number of alkyl halides is 4. The van der Waals surface area contributed by atoms with Gasteiger partial charge < -0.3 is 4.74 Å². The molecule has 3 rings (SSSR count). The molecule has 0 heterocycles. The van der Waals surface area contributed by atoms with Crippen LogP contribution in [0.25, 0.3) is 0 Å². The van der Waals surface area contributed by atoms with Crippen molar-refractivity contribution in [2.24, 2.45) is 17.8 Å². The summed E-state index contributed by atoms with van der Waals surface area (Å²) in [6, 6.07) is 4.41. The molecule has 0 bridgehead atoms. The van der Waals surface area contributed by atoms with Gasteiger partial charge >= 0.3 is 6.18 Å². The van der Waals surface area contributed by atoms with Gasteiger partial charge in [0.25, 0.3) is 0 Å². The van der Waals surface area contributed by atoms with Crippen molar-refractivity contribution in [1.82, 2.24) is 0 Å². The van der Waals surface area contributed by atoms with E-state index in [0.29, 0.717) is 6.42 Å². The van der Waals surface area contributed by atoms with E-state index in [4.69, 9.17) is 0 Å². The third kappa shape index (κ3) is 7.91. The highest BCUT2D eigenvalue weighted by Gasteiger charge is 2.32. The number of halogens is 5. The lowest BCUT2D eigenvalue weighted by Gasteiger charge is -2.38. The molecule has 1 aromatic carbocycles. The summed E-state index contributed by atoms with van der Waals surface area (Å²) < 4.78 is 67.8. The Hall–Kier alpha value is -1.33. The molecule has 1 aromatic rings. The fourth-order valence-electron chi connectivity index (χ4n) is 5.80. The van der Waals surface area contributed by atoms with Gasteiger partial charge in [-0.05, 0) is 86.3 Å². The standard InChI is InChI=1S/C26H37F5O/c27-16-4-2-1-3-5-19-6-8-20(9-7-19)21-10-12-22(13-11-21)23-14-15-25(24(28)17-23)32-18-26(29,30)31/h14-15,17,19-22H,1-13,16,18H2. The van der Waals surface area contributed by atoms with Crippen LogP contribution in [0.5, 0.6) is 5.75 Å². The number of ether oxygens (including phenoxy) is 1. The fourth-order valence-corrected chi connectivity index (χ4v) is 5.80. The SMILES string of the molecule is FCCCCCCC1CCC(C2CCC(c3ccc(OCC(F)(F)F)c(F)c3)CC2)CC1. The van der Waals surface area contributed by atoms with Crippen molar-refractivity contribution >= 4 is 0 Å². The maximum Gasteiger partial charge on any atom is 0.422 e. The van der Waals surface area contributed by atoms with Crippen molar-refractivity contribution in [2.75, 3.05) is 13.3 Å². The van der Waals surface area contributed by atoms with Gasteiger partial charge in [-0.2, -0.15) is 13.2 Å². The van der Waals surface area contributed by atoms with Crippen molar-refractivity contribution in [3.63, 3.8) is 0 Å². The zero-order valence-corrected chi connectivity index (χ0v) is 18.9. The average molecular weight is 461 g/mol. The Morgan fingerprint density at radius 1 is 0.812 bits per heavy atom. The Morgan fingerprint density at radius 3 is 2.03 bits per heavy atom. The zero-order valence-electron chi connectivity index (χ0n) is 18.9. The maximum atomic E-state index is 14.2. The first-order chi connectivity index (χ1) is 15.4. The van der Waals surface area contributed by atoms with Crippen LogP contribution in [0.15, 0.2) is 18.2 Å². The van der Waals surface area contributed by atoms with Crippen LogP contribution in [-0.4, -0.2) is 19.5 Å². The molecule has 0 amide bonds. The minimum atomic E-state index is -4.47. The largest absolute Gasteiger partial charge is 0.481 e. The van der Waals surface area contributed by atoms with Gasteiger partial charge in [0, 0.05) is 0 Å². The van der Waals surface area contributed by atoms with E-state index in [-0.39, 0.29) is 18.3 Å². The maximum absolute atomic E-state index is 14.2. The van der Waals surface area contributed by atoms with E-state index in [2.05, 4.69) is 4.74 Å². The minimum Gasteiger partial charge on any atom is -0.481 e. The van der Waals surface area contributed by atoms with E-state index < -0.39 is 18.6 Å². The molecule has 32 heavy (non-hydrogen) atoms. The second-order valence-electron chi connectivity index (χ2n) is 9.88. The van der Waals surface area contributed by atoms with Gasteiger partial charge in [-0.25, -0.2) is 4.39 Å². The van der Waals surface area contributed by atoms with E-state index in [9.17, 15) is 22.0 Å². The molecule has 1 nitrogen and oxygen atoms in total. The van der Waals surface area contributed by atoms with Crippen molar-refractivity contribution in [3.05, 3.63) is 29.6 Å². The zero-order chi connectivity index (χ0) is 23.0. The predicted octanol–water partition coefficient (Wildman–Crippen LogP) is 8.77. The van der Waals surface area contributed by atoms with Crippen LogP contribution in [0, 0.1) is 23.6 Å². The highest BCUT2D eigenvalue weighted by atomic mass is 19.4. The molecular weight excluding hydrogens is 423 g/mol. The summed E-state index contributed by atoms with van der Waals surface area (Å²) in [6.45, 7) is -1.67. The van der Waals surface area contributed by atoms with Gasteiger partial charge in [-0.15, -0.1) is 0 Å². The van der Waals surface area contributed by atoms with E-state index in [1.54, 1.807) is 6.07 Å². The van der Waals surface area contributed by atoms with Crippen LogP contribution in [0.3, 0.4) is 0 Å². The van der Waals surface area contributed by atoms with Crippen molar-refractivity contribution < 1.29 is 26.7 Å². The second kappa shape index (κ2) is 12.2.